The molecule has 1 saturated heterocycles. The molecule has 0 saturated carbocycles. The van der Waals surface area contributed by atoms with Crippen LogP contribution in [0.25, 0.3) is 0 Å². The van der Waals surface area contributed by atoms with Crippen LogP contribution < -0.4 is 5.32 Å². The molecule has 1 rings (SSSR count). The van der Waals surface area contributed by atoms with Crippen LogP contribution in [0.4, 0.5) is 4.79 Å². The van der Waals surface area contributed by atoms with Crippen LogP contribution >= 0.6 is 0 Å². The van der Waals surface area contributed by atoms with E-state index in [1.165, 1.54) is 0 Å². The van der Waals surface area contributed by atoms with Gasteiger partial charge in [-0.25, -0.2) is 4.79 Å². The van der Waals surface area contributed by atoms with Crippen molar-refractivity contribution in [3.8, 4) is 0 Å². The molecule has 1 amide bonds. The van der Waals surface area contributed by atoms with Crippen LogP contribution in [0.15, 0.2) is 0 Å². The van der Waals surface area contributed by atoms with Crippen LogP contribution in [0.5, 0.6) is 0 Å². The molecule has 0 bridgehead atoms. The summed E-state index contributed by atoms with van der Waals surface area (Å²) in [7, 11) is 0. The Morgan fingerprint density at radius 2 is 1.94 bits per heavy atom. The lowest BCUT2D eigenvalue weighted by atomic mass is 10.0. The van der Waals surface area contributed by atoms with E-state index in [9.17, 15) is 4.79 Å². The second-order valence-corrected chi connectivity index (χ2v) is 5.72. The zero-order valence-corrected chi connectivity index (χ0v) is 11.3. The Bertz CT molecular complexity index is 268. The smallest absolute Gasteiger partial charge is 0.410 e. The molecule has 0 aromatic rings. The minimum Gasteiger partial charge on any atom is -0.444 e. The van der Waals surface area contributed by atoms with Crippen molar-refractivity contribution in [2.24, 2.45) is 5.92 Å². The van der Waals surface area contributed by atoms with Gasteiger partial charge in [-0.05, 0) is 20.8 Å². The monoisotopic (exact) mass is 260 g/mol. The zero-order valence-electron chi connectivity index (χ0n) is 11.3. The summed E-state index contributed by atoms with van der Waals surface area (Å²) in [6, 6.07) is -0.277. The van der Waals surface area contributed by atoms with Gasteiger partial charge in [-0.15, -0.1) is 0 Å². The molecular formula is C12H24N2O4. The van der Waals surface area contributed by atoms with Crippen LogP contribution in [-0.4, -0.2) is 65.7 Å². The fourth-order valence-electron chi connectivity index (χ4n) is 1.69. The molecule has 1 fully saturated rings. The van der Waals surface area contributed by atoms with Gasteiger partial charge in [0, 0.05) is 25.6 Å². The number of rotatable bonds is 5. The van der Waals surface area contributed by atoms with Gasteiger partial charge in [-0.1, -0.05) is 0 Å². The molecule has 18 heavy (non-hydrogen) atoms. The number of nitrogens with zero attached hydrogens (tertiary/aromatic N) is 1. The molecule has 1 aliphatic heterocycles. The highest BCUT2D eigenvalue weighted by atomic mass is 16.6. The number of hydrogen-bond donors (Lipinski definition) is 3. The van der Waals surface area contributed by atoms with Crippen LogP contribution in [0.3, 0.4) is 0 Å². The summed E-state index contributed by atoms with van der Waals surface area (Å²) in [5.74, 6) is 0.359. The van der Waals surface area contributed by atoms with Gasteiger partial charge in [0.1, 0.15) is 5.60 Å². The minimum absolute atomic E-state index is 0.0843. The van der Waals surface area contributed by atoms with E-state index in [1.54, 1.807) is 4.90 Å². The Balaban J connectivity index is 2.18. The van der Waals surface area contributed by atoms with E-state index in [1.807, 2.05) is 20.8 Å². The molecular weight excluding hydrogens is 236 g/mol. The molecule has 1 heterocycles. The maximum atomic E-state index is 11.6. The second kappa shape index (κ2) is 6.36. The summed E-state index contributed by atoms with van der Waals surface area (Å²) >= 11 is 0. The van der Waals surface area contributed by atoms with Gasteiger partial charge in [-0.2, -0.15) is 0 Å². The van der Waals surface area contributed by atoms with E-state index in [0.717, 1.165) is 0 Å². The van der Waals surface area contributed by atoms with Gasteiger partial charge in [0.2, 0.25) is 0 Å². The summed E-state index contributed by atoms with van der Waals surface area (Å²) in [4.78, 5) is 13.3. The molecule has 0 radical (unpaired) electrons. The standard InChI is InChI=1S/C12H24N2O4/c1-12(2,3)18-11(17)14-5-9(6-14)4-13-10(7-15)8-16/h9-10,13,15-16H,4-8H2,1-3H3. The predicted molar refractivity (Wildman–Crippen MR) is 67.3 cm³/mol. The highest BCUT2D eigenvalue weighted by Crippen LogP contribution is 2.18. The SMILES string of the molecule is CC(C)(C)OC(=O)N1CC(CNC(CO)CO)C1. The van der Waals surface area contributed by atoms with Gasteiger partial charge in [0.05, 0.1) is 19.3 Å². The lowest BCUT2D eigenvalue weighted by molar-refractivity contribution is -0.00170. The average Bonchev–Trinajstić information content (AvgIpc) is 2.18. The molecule has 6 nitrogen and oxygen atoms in total. The van der Waals surface area contributed by atoms with Crippen molar-refractivity contribution >= 4 is 6.09 Å². The number of carbonyl (C=O) groups is 1. The Labute approximate surface area is 108 Å². The molecule has 6 heteroatoms. The summed E-state index contributed by atoms with van der Waals surface area (Å²) in [6.07, 6.45) is -0.278. The lowest BCUT2D eigenvalue weighted by Gasteiger charge is -2.40. The zero-order chi connectivity index (χ0) is 13.8. The fourth-order valence-corrected chi connectivity index (χ4v) is 1.69. The topological polar surface area (TPSA) is 82.0 Å². The normalized spacial score (nSPS) is 16.9. The predicted octanol–water partition coefficient (Wildman–Crippen LogP) is -0.204. The molecule has 106 valence electrons. The fraction of sp³-hybridized carbons (Fsp3) is 0.917. The Morgan fingerprint density at radius 3 is 2.39 bits per heavy atom. The second-order valence-electron chi connectivity index (χ2n) is 5.72. The number of nitrogens with one attached hydrogen (secondary N) is 1. The van der Waals surface area contributed by atoms with Crippen LogP contribution in [-0.2, 0) is 4.74 Å². The van der Waals surface area contributed by atoms with E-state index in [-0.39, 0.29) is 25.3 Å². The summed E-state index contributed by atoms with van der Waals surface area (Å²) < 4.78 is 5.24. The van der Waals surface area contributed by atoms with Crippen LogP contribution in [0.2, 0.25) is 0 Å². The number of amides is 1. The lowest BCUT2D eigenvalue weighted by Crippen LogP contribution is -2.55. The van der Waals surface area contributed by atoms with Crippen molar-refractivity contribution in [2.45, 2.75) is 32.4 Å². The van der Waals surface area contributed by atoms with Crippen molar-refractivity contribution in [1.29, 1.82) is 0 Å². The molecule has 0 unspecified atom stereocenters. The molecule has 3 N–H and O–H groups in total. The third kappa shape index (κ3) is 4.80. The summed E-state index contributed by atoms with van der Waals surface area (Å²) in [5, 5.41) is 20.8. The number of hydrogen-bond acceptors (Lipinski definition) is 5. The number of carbonyl (C=O) groups excluding carboxylic acids is 1. The Hall–Kier alpha value is -0.850. The van der Waals surface area contributed by atoms with Crippen molar-refractivity contribution in [1.82, 2.24) is 10.2 Å². The van der Waals surface area contributed by atoms with Gasteiger partial charge in [-0.3, -0.25) is 0 Å². The van der Waals surface area contributed by atoms with Gasteiger partial charge in [0.15, 0.2) is 0 Å². The first-order chi connectivity index (χ1) is 8.35. The minimum atomic E-state index is -0.459. The Kier molecular flexibility index (Phi) is 5.37. The van der Waals surface area contributed by atoms with Crippen molar-refractivity contribution in [3.05, 3.63) is 0 Å². The van der Waals surface area contributed by atoms with Crippen molar-refractivity contribution in [3.63, 3.8) is 0 Å². The molecule has 1 aliphatic rings. The number of aliphatic hydroxyl groups is 2. The third-order valence-electron chi connectivity index (χ3n) is 2.74. The molecule has 0 spiro atoms. The third-order valence-corrected chi connectivity index (χ3v) is 2.74. The molecule has 0 atom stereocenters. The van der Waals surface area contributed by atoms with Crippen molar-refractivity contribution in [2.75, 3.05) is 32.8 Å². The highest BCUT2D eigenvalue weighted by molar-refractivity contribution is 5.69. The molecule has 0 aliphatic carbocycles. The van der Waals surface area contributed by atoms with Crippen molar-refractivity contribution < 1.29 is 19.7 Å². The first-order valence-electron chi connectivity index (χ1n) is 6.28. The van der Waals surface area contributed by atoms with Crippen LogP contribution in [0, 0.1) is 5.92 Å². The maximum absolute atomic E-state index is 11.6. The molecule has 0 aromatic carbocycles. The first kappa shape index (κ1) is 15.2. The first-order valence-corrected chi connectivity index (χ1v) is 6.28. The van der Waals surface area contributed by atoms with Crippen LogP contribution in [0.1, 0.15) is 20.8 Å². The van der Waals surface area contributed by atoms with E-state index < -0.39 is 5.60 Å². The Morgan fingerprint density at radius 1 is 1.39 bits per heavy atom. The summed E-state index contributed by atoms with van der Waals surface area (Å²) in [6.45, 7) is 7.37. The number of ether oxygens (including phenoxy) is 1. The average molecular weight is 260 g/mol. The quantitative estimate of drug-likeness (QED) is 0.637. The van der Waals surface area contributed by atoms with E-state index in [0.29, 0.717) is 25.6 Å². The number of likely N-dealkylation sites (tertiary alicyclic amines) is 1. The van der Waals surface area contributed by atoms with E-state index >= 15 is 0 Å². The van der Waals surface area contributed by atoms with E-state index in [4.69, 9.17) is 14.9 Å². The summed E-state index contributed by atoms with van der Waals surface area (Å²) in [5.41, 5.74) is -0.459. The maximum Gasteiger partial charge on any atom is 0.410 e. The van der Waals surface area contributed by atoms with Gasteiger partial charge >= 0.3 is 6.09 Å². The van der Waals surface area contributed by atoms with E-state index in [2.05, 4.69) is 5.32 Å². The van der Waals surface area contributed by atoms with Gasteiger partial charge in [0.25, 0.3) is 0 Å². The highest BCUT2D eigenvalue weighted by Gasteiger charge is 2.33. The largest absolute Gasteiger partial charge is 0.444 e. The van der Waals surface area contributed by atoms with Gasteiger partial charge < -0.3 is 25.2 Å². The number of aliphatic hydroxyl groups excluding tert-OH is 2. The molecule has 0 aromatic heterocycles.